The number of carboxylic acids is 1. The molecule has 3 amide bonds. The van der Waals surface area contributed by atoms with Gasteiger partial charge in [-0.15, -0.1) is 0 Å². The van der Waals surface area contributed by atoms with Crippen LogP contribution < -0.4 is 16.1 Å². The van der Waals surface area contributed by atoms with Gasteiger partial charge in [0.05, 0.1) is 17.1 Å². The molecule has 13 heteroatoms. The lowest BCUT2D eigenvalue weighted by atomic mass is 10.1. The Morgan fingerprint density at radius 1 is 0.891 bits per heavy atom. The number of urea groups is 1. The van der Waals surface area contributed by atoms with Crippen LogP contribution in [0, 0.1) is 5.41 Å². The number of amides is 3. The molecule has 0 fully saturated rings. The van der Waals surface area contributed by atoms with E-state index in [1.54, 1.807) is 66.7 Å². The molecular weight excluding hydrogens is 610 g/mol. The van der Waals surface area contributed by atoms with Crippen LogP contribution in [-0.4, -0.2) is 54.8 Å². The predicted molar refractivity (Wildman–Crippen MR) is 176 cm³/mol. The molecule has 0 aromatic heterocycles. The number of carboxylic acid groups (broad SMARTS) is 1. The Balaban J connectivity index is 0.00000576. The van der Waals surface area contributed by atoms with Gasteiger partial charge in [-0.05, 0) is 48.4 Å². The molecule has 4 aromatic rings. The number of rotatable bonds is 10. The van der Waals surface area contributed by atoms with E-state index < -0.39 is 34.0 Å². The molecule has 4 aromatic carbocycles. The topological polar surface area (TPSA) is 178 Å². The second-order valence-electron chi connectivity index (χ2n) is 9.93. The maximum Gasteiger partial charge on any atom is 0.413 e. The van der Waals surface area contributed by atoms with E-state index in [1.807, 2.05) is 30.3 Å². The Kier molecular flexibility index (Phi) is 11.6. The standard InChI is InChI=1S/C32H31N5O7S.CH4/c1-21(30(38)39)44-32(41)35-29(33)24-11-8-12-26(19-24)36-37(20-22-9-4-3-5-10-22)31(40)34-25-17-15-23(16-18-25)27-13-6-7-14-28(27)45(2,42)43;/h3-19,21,36H,20H2,1-2H3,(H,34,40)(H,38,39)(H2,33,35,41);1H4. The Labute approximate surface area is 267 Å². The Hall–Kier alpha value is -5.69. The highest BCUT2D eigenvalue weighted by Gasteiger charge is 2.19. The summed E-state index contributed by atoms with van der Waals surface area (Å²) in [7, 11) is -3.45. The molecule has 0 saturated carbocycles. The fraction of sp³-hybridized carbons (Fsp3) is 0.152. The second-order valence-corrected chi connectivity index (χ2v) is 11.9. The lowest BCUT2D eigenvalue weighted by Crippen LogP contribution is -2.39. The second kappa shape index (κ2) is 15.3. The van der Waals surface area contributed by atoms with Gasteiger partial charge in [0, 0.05) is 23.1 Å². The third kappa shape index (κ3) is 9.40. The average molecular weight is 646 g/mol. The summed E-state index contributed by atoms with van der Waals surface area (Å²) < 4.78 is 29.2. The van der Waals surface area contributed by atoms with Gasteiger partial charge in [0.2, 0.25) is 0 Å². The van der Waals surface area contributed by atoms with Gasteiger partial charge < -0.3 is 15.2 Å². The normalized spacial score (nSPS) is 11.3. The minimum atomic E-state index is -3.45. The largest absolute Gasteiger partial charge is 0.479 e. The van der Waals surface area contributed by atoms with Crippen LogP contribution in [0.15, 0.2) is 108 Å². The highest BCUT2D eigenvalue weighted by atomic mass is 32.2. The van der Waals surface area contributed by atoms with Crippen molar-refractivity contribution < 1.29 is 32.6 Å². The molecule has 5 N–H and O–H groups in total. The van der Waals surface area contributed by atoms with E-state index in [4.69, 9.17) is 15.3 Å². The summed E-state index contributed by atoms with van der Waals surface area (Å²) in [4.78, 5) is 36.6. The first-order valence-corrected chi connectivity index (χ1v) is 15.5. The van der Waals surface area contributed by atoms with Gasteiger partial charge in [0.15, 0.2) is 15.9 Å². The molecule has 0 aliphatic rings. The van der Waals surface area contributed by atoms with Crippen molar-refractivity contribution in [2.45, 2.75) is 31.9 Å². The first kappa shape index (κ1) is 34.8. The molecule has 4 rings (SSSR count). The number of anilines is 2. The molecule has 12 nitrogen and oxygen atoms in total. The van der Waals surface area contributed by atoms with Crippen LogP contribution in [0.1, 0.15) is 25.5 Å². The summed E-state index contributed by atoms with van der Waals surface area (Å²) in [5, 5.41) is 23.5. The number of carbonyl (C=O) groups excluding carboxylic acids is 2. The minimum absolute atomic E-state index is 0. The van der Waals surface area contributed by atoms with Crippen molar-refractivity contribution in [3.8, 4) is 11.1 Å². The van der Waals surface area contributed by atoms with E-state index in [0.29, 0.717) is 22.5 Å². The van der Waals surface area contributed by atoms with Crippen LogP contribution in [-0.2, 0) is 25.9 Å². The fourth-order valence-corrected chi connectivity index (χ4v) is 5.11. The van der Waals surface area contributed by atoms with E-state index in [1.165, 1.54) is 18.0 Å². The molecule has 240 valence electrons. The average Bonchev–Trinajstić information content (AvgIpc) is 3.01. The van der Waals surface area contributed by atoms with E-state index in [9.17, 15) is 22.8 Å². The summed E-state index contributed by atoms with van der Waals surface area (Å²) in [6.45, 7) is 1.35. The molecule has 1 unspecified atom stereocenters. The van der Waals surface area contributed by atoms with Crippen LogP contribution in [0.4, 0.5) is 21.0 Å². The third-order valence-corrected chi connectivity index (χ3v) is 7.59. The zero-order chi connectivity index (χ0) is 32.6. The van der Waals surface area contributed by atoms with Crippen LogP contribution in [0.2, 0.25) is 0 Å². The number of amidine groups is 1. The van der Waals surface area contributed by atoms with Gasteiger partial charge in [0.1, 0.15) is 5.84 Å². The van der Waals surface area contributed by atoms with E-state index in [-0.39, 0.29) is 30.3 Å². The van der Waals surface area contributed by atoms with Gasteiger partial charge in [0.25, 0.3) is 0 Å². The van der Waals surface area contributed by atoms with Crippen molar-refractivity contribution in [1.82, 2.24) is 10.3 Å². The maximum atomic E-state index is 13.5. The third-order valence-electron chi connectivity index (χ3n) is 6.44. The monoisotopic (exact) mass is 645 g/mol. The minimum Gasteiger partial charge on any atom is -0.479 e. The van der Waals surface area contributed by atoms with Gasteiger partial charge in [-0.1, -0.05) is 80.2 Å². The molecule has 0 bridgehead atoms. The zero-order valence-corrected chi connectivity index (χ0v) is 25.2. The SMILES string of the molecule is C.CC(OC(=O)NC(=N)c1cccc(NN(Cc2ccccc2)C(=O)Nc2ccc(-c3ccccc3S(C)(=O)=O)cc2)c1)C(=O)O. The number of carbonyl (C=O) groups is 3. The molecule has 0 aliphatic heterocycles. The van der Waals surface area contributed by atoms with Gasteiger partial charge in [-0.25, -0.2) is 27.8 Å². The van der Waals surface area contributed by atoms with Crippen LogP contribution in [0.25, 0.3) is 11.1 Å². The Morgan fingerprint density at radius 2 is 1.54 bits per heavy atom. The first-order valence-electron chi connectivity index (χ1n) is 13.6. The number of nitrogens with one attached hydrogen (secondary N) is 4. The Morgan fingerprint density at radius 3 is 2.20 bits per heavy atom. The predicted octanol–water partition coefficient (Wildman–Crippen LogP) is 5.98. The van der Waals surface area contributed by atoms with Crippen LogP contribution in [0.3, 0.4) is 0 Å². The van der Waals surface area contributed by atoms with E-state index in [0.717, 1.165) is 11.8 Å². The number of aliphatic carboxylic acids is 1. The highest BCUT2D eigenvalue weighted by Crippen LogP contribution is 2.28. The number of hydrazine groups is 1. The molecule has 0 aliphatic carbocycles. The summed E-state index contributed by atoms with van der Waals surface area (Å²) >= 11 is 0. The lowest BCUT2D eigenvalue weighted by molar-refractivity contribution is -0.145. The fourth-order valence-electron chi connectivity index (χ4n) is 4.20. The van der Waals surface area contributed by atoms with E-state index in [2.05, 4.69) is 16.1 Å². The summed E-state index contributed by atoms with van der Waals surface area (Å²) in [6, 6.07) is 28.6. The van der Waals surface area contributed by atoms with Gasteiger partial charge >= 0.3 is 18.1 Å². The number of sulfone groups is 1. The number of alkyl carbamates (subject to hydrolysis) is 1. The van der Waals surface area contributed by atoms with Crippen molar-refractivity contribution in [2.75, 3.05) is 17.0 Å². The number of hydrogen-bond donors (Lipinski definition) is 5. The molecule has 0 heterocycles. The maximum absolute atomic E-state index is 13.5. The first-order chi connectivity index (χ1) is 21.4. The zero-order valence-electron chi connectivity index (χ0n) is 24.4. The number of ether oxygens (including phenoxy) is 1. The summed E-state index contributed by atoms with van der Waals surface area (Å²) in [5.74, 6) is -1.66. The lowest BCUT2D eigenvalue weighted by Gasteiger charge is -2.25. The Bertz CT molecular complexity index is 1810. The summed E-state index contributed by atoms with van der Waals surface area (Å²) in [6.07, 6.45) is -1.33. The van der Waals surface area contributed by atoms with Crippen molar-refractivity contribution in [1.29, 1.82) is 5.41 Å². The summed E-state index contributed by atoms with van der Waals surface area (Å²) in [5.41, 5.74) is 6.24. The number of benzene rings is 4. The molecule has 0 saturated heterocycles. The van der Waals surface area contributed by atoms with Crippen LogP contribution in [0.5, 0.6) is 0 Å². The number of nitrogens with zero attached hydrogens (tertiary/aromatic N) is 1. The number of hydrogen-bond acceptors (Lipinski definition) is 8. The smallest absolute Gasteiger partial charge is 0.413 e. The highest BCUT2D eigenvalue weighted by molar-refractivity contribution is 7.90. The van der Waals surface area contributed by atoms with E-state index >= 15 is 0 Å². The van der Waals surface area contributed by atoms with Crippen molar-refractivity contribution in [3.05, 3.63) is 114 Å². The molecular formula is C33H35N5O7S. The quantitative estimate of drug-likeness (QED) is 0.0794. The van der Waals surface area contributed by atoms with Crippen molar-refractivity contribution in [3.63, 3.8) is 0 Å². The van der Waals surface area contributed by atoms with Crippen LogP contribution >= 0.6 is 0 Å². The molecule has 0 radical (unpaired) electrons. The molecule has 1 atom stereocenters. The van der Waals surface area contributed by atoms with Gasteiger partial charge in [-0.2, -0.15) is 0 Å². The van der Waals surface area contributed by atoms with Gasteiger partial charge in [-0.3, -0.25) is 16.2 Å². The van der Waals surface area contributed by atoms with Crippen molar-refractivity contribution >= 4 is 45.1 Å². The molecule has 0 spiro atoms. The van der Waals surface area contributed by atoms with Crippen molar-refractivity contribution in [2.24, 2.45) is 0 Å². The molecule has 46 heavy (non-hydrogen) atoms.